The smallest absolute Gasteiger partial charge is 0.251 e. The largest absolute Gasteiger partial charge is 0.345 e. The molecule has 28 heavy (non-hydrogen) atoms. The molecule has 1 aromatic carbocycles. The summed E-state index contributed by atoms with van der Waals surface area (Å²) < 4.78 is 1.80. The van der Waals surface area contributed by atoms with Gasteiger partial charge in [-0.15, -0.1) is 0 Å². The van der Waals surface area contributed by atoms with Crippen molar-refractivity contribution in [1.82, 2.24) is 25.1 Å². The zero-order chi connectivity index (χ0) is 19.7. The lowest BCUT2D eigenvalue weighted by atomic mass is 9.95. The Kier molecular flexibility index (Phi) is 4.94. The second-order valence-electron chi connectivity index (χ2n) is 7.42. The second kappa shape index (κ2) is 7.54. The number of fused-ring (bicyclic) bond motifs is 1. The molecule has 1 amide bonds. The highest BCUT2D eigenvalue weighted by Gasteiger charge is 2.16. The van der Waals surface area contributed by atoms with Crippen molar-refractivity contribution < 1.29 is 4.79 Å². The zero-order valence-electron chi connectivity index (χ0n) is 16.6. The summed E-state index contributed by atoms with van der Waals surface area (Å²) >= 11 is 0. The summed E-state index contributed by atoms with van der Waals surface area (Å²) in [5.74, 6) is 0.572. The van der Waals surface area contributed by atoms with Crippen LogP contribution in [0.3, 0.4) is 0 Å². The summed E-state index contributed by atoms with van der Waals surface area (Å²) in [6.45, 7) is 4.36. The molecule has 0 spiro atoms. The number of carbonyl (C=O) groups is 1. The molecule has 1 aliphatic rings. The lowest BCUT2D eigenvalue weighted by molar-refractivity contribution is 0.0950. The fraction of sp³-hybridized carbons (Fsp3) is 0.364. The molecule has 6 nitrogen and oxygen atoms in total. The van der Waals surface area contributed by atoms with E-state index in [1.54, 1.807) is 4.68 Å². The topological polar surface area (TPSA) is 72.7 Å². The Labute approximate surface area is 165 Å². The van der Waals surface area contributed by atoms with E-state index in [2.05, 4.69) is 20.4 Å². The van der Waals surface area contributed by atoms with Crippen molar-refractivity contribution >= 4 is 5.91 Å². The van der Waals surface area contributed by atoms with Gasteiger partial charge in [-0.25, -0.2) is 9.97 Å². The maximum Gasteiger partial charge on any atom is 0.251 e. The van der Waals surface area contributed by atoms with Gasteiger partial charge in [-0.3, -0.25) is 9.48 Å². The number of aryl methyl sites for hydroxylation is 4. The van der Waals surface area contributed by atoms with Crippen LogP contribution in [0.2, 0.25) is 0 Å². The average molecular weight is 375 g/mol. The maximum absolute atomic E-state index is 12.5. The molecule has 6 heteroatoms. The molecule has 0 unspecified atom stereocenters. The third kappa shape index (κ3) is 3.67. The van der Waals surface area contributed by atoms with Gasteiger partial charge in [0.2, 0.25) is 0 Å². The molecule has 1 N–H and O–H groups in total. The van der Waals surface area contributed by atoms with Gasteiger partial charge in [-0.1, -0.05) is 12.1 Å². The molecule has 0 aliphatic heterocycles. The van der Waals surface area contributed by atoms with Crippen LogP contribution in [0.1, 0.15) is 51.7 Å². The highest BCUT2D eigenvalue weighted by molar-refractivity contribution is 5.94. The number of amides is 1. The average Bonchev–Trinajstić information content (AvgIpc) is 3.04. The fourth-order valence-corrected chi connectivity index (χ4v) is 3.87. The van der Waals surface area contributed by atoms with Crippen LogP contribution < -0.4 is 5.32 Å². The molecule has 0 radical (unpaired) electrons. The van der Waals surface area contributed by atoms with Crippen LogP contribution in [0.5, 0.6) is 0 Å². The monoisotopic (exact) mass is 375 g/mol. The van der Waals surface area contributed by atoms with E-state index in [-0.39, 0.29) is 5.91 Å². The first-order valence-corrected chi connectivity index (χ1v) is 9.75. The summed E-state index contributed by atoms with van der Waals surface area (Å²) in [5, 5.41) is 7.31. The first-order valence-electron chi connectivity index (χ1n) is 9.75. The molecule has 1 aliphatic carbocycles. The lowest BCUT2D eigenvalue weighted by Gasteiger charge is -2.17. The molecule has 2 aromatic heterocycles. The Hall–Kier alpha value is -3.02. The van der Waals surface area contributed by atoms with Crippen molar-refractivity contribution in [3.05, 3.63) is 64.5 Å². The predicted octanol–water partition coefficient (Wildman–Crippen LogP) is 3.30. The van der Waals surface area contributed by atoms with Crippen LogP contribution in [0, 0.1) is 13.8 Å². The number of carbonyl (C=O) groups excluding carboxylic acids is 1. The van der Waals surface area contributed by atoms with E-state index in [4.69, 9.17) is 0 Å². The van der Waals surface area contributed by atoms with Crippen molar-refractivity contribution in [2.75, 3.05) is 0 Å². The van der Waals surface area contributed by atoms with Gasteiger partial charge in [-0.2, -0.15) is 5.10 Å². The van der Waals surface area contributed by atoms with E-state index in [9.17, 15) is 4.79 Å². The van der Waals surface area contributed by atoms with Gasteiger partial charge < -0.3 is 5.32 Å². The first kappa shape index (κ1) is 18.3. The van der Waals surface area contributed by atoms with Crippen molar-refractivity contribution in [2.45, 2.75) is 46.1 Å². The molecular weight excluding hydrogens is 350 g/mol. The van der Waals surface area contributed by atoms with E-state index in [1.807, 2.05) is 51.4 Å². The SMILES string of the molecule is Cc1nn(C)cc1-c1ccc(C(=O)NCc2nc(C)c3c(n2)CCCC3)cc1. The van der Waals surface area contributed by atoms with Crippen LogP contribution in [0.15, 0.2) is 30.5 Å². The number of rotatable bonds is 4. The van der Waals surface area contributed by atoms with E-state index in [1.165, 1.54) is 18.4 Å². The van der Waals surface area contributed by atoms with Gasteiger partial charge >= 0.3 is 0 Å². The van der Waals surface area contributed by atoms with Crippen molar-refractivity contribution in [2.24, 2.45) is 7.05 Å². The van der Waals surface area contributed by atoms with Crippen LogP contribution >= 0.6 is 0 Å². The van der Waals surface area contributed by atoms with Gasteiger partial charge in [-0.05, 0) is 62.8 Å². The summed E-state index contributed by atoms with van der Waals surface area (Å²) in [4.78, 5) is 21.8. The Morgan fingerprint density at radius 2 is 1.82 bits per heavy atom. The molecule has 0 fully saturated rings. The minimum absolute atomic E-state index is 0.117. The molecule has 2 heterocycles. The first-order chi connectivity index (χ1) is 13.5. The summed E-state index contributed by atoms with van der Waals surface area (Å²) in [7, 11) is 1.91. The van der Waals surface area contributed by atoms with Crippen molar-refractivity contribution in [1.29, 1.82) is 0 Å². The van der Waals surface area contributed by atoms with Crippen LogP contribution in [-0.2, 0) is 26.4 Å². The maximum atomic E-state index is 12.5. The highest BCUT2D eigenvalue weighted by atomic mass is 16.1. The van der Waals surface area contributed by atoms with Gasteiger partial charge in [0.1, 0.15) is 5.82 Å². The molecular formula is C22H25N5O. The van der Waals surface area contributed by atoms with E-state index in [0.29, 0.717) is 17.9 Å². The Bertz CT molecular complexity index is 1020. The minimum Gasteiger partial charge on any atom is -0.345 e. The minimum atomic E-state index is -0.117. The lowest BCUT2D eigenvalue weighted by Crippen LogP contribution is -2.25. The Morgan fingerprint density at radius 3 is 2.54 bits per heavy atom. The van der Waals surface area contributed by atoms with Gasteiger partial charge in [0, 0.05) is 35.8 Å². The summed E-state index contributed by atoms with van der Waals surface area (Å²) in [5.41, 5.74) is 7.22. The quantitative estimate of drug-likeness (QED) is 0.759. The molecule has 144 valence electrons. The highest BCUT2D eigenvalue weighted by Crippen LogP contribution is 2.23. The van der Waals surface area contributed by atoms with E-state index < -0.39 is 0 Å². The third-order valence-electron chi connectivity index (χ3n) is 5.31. The second-order valence-corrected chi connectivity index (χ2v) is 7.42. The van der Waals surface area contributed by atoms with Crippen LogP contribution in [-0.4, -0.2) is 25.7 Å². The van der Waals surface area contributed by atoms with Gasteiger partial charge in [0.15, 0.2) is 0 Å². The molecule has 0 saturated carbocycles. The van der Waals surface area contributed by atoms with Gasteiger partial charge in [0.05, 0.1) is 12.2 Å². The van der Waals surface area contributed by atoms with Crippen LogP contribution in [0.4, 0.5) is 0 Å². The zero-order valence-corrected chi connectivity index (χ0v) is 16.6. The Balaban J connectivity index is 1.44. The van der Waals surface area contributed by atoms with Crippen molar-refractivity contribution in [3.8, 4) is 11.1 Å². The fourth-order valence-electron chi connectivity index (χ4n) is 3.87. The molecule has 0 atom stereocenters. The molecule has 0 bridgehead atoms. The number of benzene rings is 1. The van der Waals surface area contributed by atoms with Crippen molar-refractivity contribution in [3.63, 3.8) is 0 Å². The number of nitrogens with one attached hydrogen (secondary N) is 1. The summed E-state index contributed by atoms with van der Waals surface area (Å²) in [6.07, 6.45) is 6.45. The number of aromatic nitrogens is 4. The number of hydrogen-bond acceptors (Lipinski definition) is 4. The molecule has 0 saturated heterocycles. The number of nitrogens with zero attached hydrogens (tertiary/aromatic N) is 4. The van der Waals surface area contributed by atoms with Gasteiger partial charge in [0.25, 0.3) is 5.91 Å². The van der Waals surface area contributed by atoms with Crippen LogP contribution in [0.25, 0.3) is 11.1 Å². The molecule has 4 rings (SSSR count). The summed E-state index contributed by atoms with van der Waals surface area (Å²) in [6, 6.07) is 7.60. The standard InChI is InChI=1S/C22H25N5O/c1-14-18-6-4-5-7-20(18)25-21(24-14)12-23-22(28)17-10-8-16(9-11-17)19-13-27(3)26-15(19)2/h8-11,13H,4-7,12H2,1-3H3,(H,23,28). The Morgan fingerprint density at radius 1 is 1.07 bits per heavy atom. The van der Waals surface area contributed by atoms with E-state index >= 15 is 0 Å². The predicted molar refractivity (Wildman–Crippen MR) is 108 cm³/mol. The molecule has 3 aromatic rings. The normalized spacial score (nSPS) is 13.2. The third-order valence-corrected chi connectivity index (χ3v) is 5.31. The number of hydrogen-bond donors (Lipinski definition) is 1. The van der Waals surface area contributed by atoms with E-state index in [0.717, 1.165) is 41.1 Å².